The first-order valence-electron chi connectivity index (χ1n) is 5.30. The molecule has 2 nitrogen and oxygen atoms in total. The fraction of sp³-hybridized carbons (Fsp3) is 0.833. The van der Waals surface area contributed by atoms with Gasteiger partial charge in [-0.15, -0.1) is 0 Å². The number of fused-ring (bicyclic) bond motifs is 2. The monoisotopic (exact) mass is 191 g/mol. The predicted octanol–water partition coefficient (Wildman–Crippen LogP) is 2.69. The number of hydrogen-bond acceptors (Lipinski definition) is 2. The molecule has 0 amide bonds. The Morgan fingerprint density at radius 1 is 1.36 bits per heavy atom. The van der Waals surface area contributed by atoms with E-state index in [0.29, 0.717) is 18.6 Å². The first-order valence-corrected chi connectivity index (χ1v) is 5.30. The Balaban J connectivity index is 2.50. The van der Waals surface area contributed by atoms with Crippen LogP contribution in [0, 0.1) is 27.6 Å². The van der Waals surface area contributed by atoms with E-state index in [1.807, 2.05) is 0 Å². The van der Waals surface area contributed by atoms with Crippen LogP contribution >= 0.6 is 0 Å². The van der Waals surface area contributed by atoms with Gasteiger partial charge in [-0.25, -0.2) is 0 Å². The highest BCUT2D eigenvalue weighted by atomic mass is 16.1. The molecule has 0 aromatic heterocycles. The molecular weight excluding hydrogens is 174 g/mol. The number of hydrogen-bond donors (Lipinski definition) is 0. The summed E-state index contributed by atoms with van der Waals surface area (Å²) in [5, 5.41) is 8.88. The van der Waals surface area contributed by atoms with Crippen molar-refractivity contribution >= 4 is 5.78 Å². The molecule has 76 valence electrons. The normalized spacial score (nSPS) is 44.0. The maximum atomic E-state index is 11.9. The molecule has 2 saturated carbocycles. The maximum absolute atomic E-state index is 11.9. The smallest absolute Gasteiger partial charge is 0.139 e. The van der Waals surface area contributed by atoms with E-state index < -0.39 is 0 Å². The molecule has 0 aromatic rings. The van der Waals surface area contributed by atoms with Crippen LogP contribution in [0.3, 0.4) is 0 Å². The van der Waals surface area contributed by atoms with Crippen molar-refractivity contribution < 1.29 is 4.79 Å². The second-order valence-corrected chi connectivity index (χ2v) is 5.67. The van der Waals surface area contributed by atoms with Gasteiger partial charge in [0.05, 0.1) is 6.07 Å². The third kappa shape index (κ3) is 0.751. The molecule has 2 atom stereocenters. The molecule has 2 aliphatic carbocycles. The number of carbonyl (C=O) groups excluding carboxylic acids is 1. The molecule has 2 rings (SSSR count). The lowest BCUT2D eigenvalue weighted by Crippen LogP contribution is -2.35. The van der Waals surface area contributed by atoms with Crippen molar-refractivity contribution in [3.63, 3.8) is 0 Å². The number of carbonyl (C=O) groups is 1. The van der Waals surface area contributed by atoms with Crippen molar-refractivity contribution in [2.75, 3.05) is 0 Å². The molecule has 2 aliphatic rings. The molecule has 0 spiro atoms. The van der Waals surface area contributed by atoms with Gasteiger partial charge in [-0.1, -0.05) is 20.8 Å². The number of ketones is 1. The summed E-state index contributed by atoms with van der Waals surface area (Å²) in [5.41, 5.74) is -0.176. The molecule has 0 heterocycles. The zero-order chi connectivity index (χ0) is 10.6. The average molecular weight is 191 g/mol. The summed E-state index contributed by atoms with van der Waals surface area (Å²) in [4.78, 5) is 11.9. The Hall–Kier alpha value is -0.840. The predicted molar refractivity (Wildman–Crippen MR) is 53.4 cm³/mol. The summed E-state index contributed by atoms with van der Waals surface area (Å²) in [6.45, 7) is 6.42. The van der Waals surface area contributed by atoms with Gasteiger partial charge < -0.3 is 0 Å². The number of rotatable bonds is 1. The fourth-order valence-corrected chi connectivity index (χ4v) is 3.52. The van der Waals surface area contributed by atoms with Crippen molar-refractivity contribution in [2.24, 2.45) is 16.2 Å². The standard InChI is InChI=1S/C12H17NO/c1-10(2)11(3)4-5-12(10,6-7-13)8-9(11)14/h4-6,8H2,1-3H3/t11-,12+/m0/s1. The molecule has 2 bridgehead atoms. The van der Waals surface area contributed by atoms with Gasteiger partial charge in [0.2, 0.25) is 0 Å². The second kappa shape index (κ2) is 2.39. The van der Waals surface area contributed by atoms with Crippen molar-refractivity contribution in [1.29, 1.82) is 5.26 Å². The van der Waals surface area contributed by atoms with Crippen molar-refractivity contribution in [1.82, 2.24) is 0 Å². The second-order valence-electron chi connectivity index (χ2n) is 5.67. The molecule has 0 saturated heterocycles. The number of nitrogens with zero attached hydrogens (tertiary/aromatic N) is 1. The van der Waals surface area contributed by atoms with E-state index in [1.165, 1.54) is 0 Å². The lowest BCUT2D eigenvalue weighted by Gasteiger charge is -2.38. The summed E-state index contributed by atoms with van der Waals surface area (Å²) in [6, 6.07) is 2.27. The van der Waals surface area contributed by atoms with Gasteiger partial charge in [0.1, 0.15) is 5.78 Å². The van der Waals surface area contributed by atoms with Crippen LogP contribution in [0.4, 0.5) is 0 Å². The molecule has 14 heavy (non-hydrogen) atoms. The summed E-state index contributed by atoms with van der Waals surface area (Å²) in [7, 11) is 0. The molecule has 0 unspecified atom stereocenters. The van der Waals surface area contributed by atoms with Crippen LogP contribution in [-0.2, 0) is 4.79 Å². The quantitative estimate of drug-likeness (QED) is 0.639. The van der Waals surface area contributed by atoms with E-state index in [2.05, 4.69) is 26.8 Å². The van der Waals surface area contributed by atoms with E-state index in [0.717, 1.165) is 12.8 Å². The minimum Gasteiger partial charge on any atom is -0.299 e. The molecule has 0 aliphatic heterocycles. The first kappa shape index (κ1) is 9.71. The molecule has 2 heteroatoms. The molecule has 0 N–H and O–H groups in total. The Morgan fingerprint density at radius 3 is 2.36 bits per heavy atom. The van der Waals surface area contributed by atoms with E-state index in [1.54, 1.807) is 0 Å². The summed E-state index contributed by atoms with van der Waals surface area (Å²) in [5.74, 6) is 0.379. The summed E-state index contributed by atoms with van der Waals surface area (Å²) >= 11 is 0. The minimum absolute atomic E-state index is 0.00676. The highest BCUT2D eigenvalue weighted by Gasteiger charge is 2.69. The van der Waals surface area contributed by atoms with Gasteiger partial charge in [-0.05, 0) is 23.7 Å². The van der Waals surface area contributed by atoms with Crippen LogP contribution in [0.2, 0.25) is 0 Å². The van der Waals surface area contributed by atoms with Gasteiger partial charge in [-0.2, -0.15) is 5.26 Å². The Bertz CT molecular complexity index is 339. The van der Waals surface area contributed by atoms with Gasteiger partial charge in [0.15, 0.2) is 0 Å². The van der Waals surface area contributed by atoms with Crippen molar-refractivity contribution in [3.05, 3.63) is 0 Å². The van der Waals surface area contributed by atoms with Crippen LogP contribution in [0.1, 0.15) is 46.5 Å². The van der Waals surface area contributed by atoms with Crippen molar-refractivity contribution in [2.45, 2.75) is 46.5 Å². The van der Waals surface area contributed by atoms with Crippen molar-refractivity contribution in [3.8, 4) is 6.07 Å². The first-order chi connectivity index (χ1) is 6.40. The fourth-order valence-electron chi connectivity index (χ4n) is 3.52. The van der Waals surface area contributed by atoms with Gasteiger partial charge in [-0.3, -0.25) is 4.79 Å². The average Bonchev–Trinajstić information content (AvgIpc) is 2.35. The maximum Gasteiger partial charge on any atom is 0.139 e. The van der Waals surface area contributed by atoms with Gasteiger partial charge in [0, 0.05) is 18.3 Å². The van der Waals surface area contributed by atoms with Crippen LogP contribution in [-0.4, -0.2) is 5.78 Å². The summed E-state index contributed by atoms with van der Waals surface area (Å²) < 4.78 is 0. The van der Waals surface area contributed by atoms with E-state index in [9.17, 15) is 4.79 Å². The Labute approximate surface area is 85.3 Å². The topological polar surface area (TPSA) is 40.9 Å². The minimum atomic E-state index is -0.163. The van der Waals surface area contributed by atoms with Crippen LogP contribution in [0.15, 0.2) is 0 Å². The van der Waals surface area contributed by atoms with Gasteiger partial charge >= 0.3 is 0 Å². The Morgan fingerprint density at radius 2 is 2.00 bits per heavy atom. The van der Waals surface area contributed by atoms with Crippen LogP contribution in [0.25, 0.3) is 0 Å². The largest absolute Gasteiger partial charge is 0.299 e. The van der Waals surface area contributed by atoms with E-state index >= 15 is 0 Å². The molecule has 0 radical (unpaired) electrons. The van der Waals surface area contributed by atoms with E-state index in [-0.39, 0.29) is 16.2 Å². The lowest BCUT2D eigenvalue weighted by atomic mass is 9.64. The lowest BCUT2D eigenvalue weighted by molar-refractivity contribution is -0.128. The third-order valence-corrected chi connectivity index (χ3v) is 5.34. The summed E-state index contributed by atoms with van der Waals surface area (Å²) in [6.07, 6.45) is 3.20. The number of nitriles is 1. The highest BCUT2D eigenvalue weighted by molar-refractivity contribution is 5.90. The Kier molecular flexibility index (Phi) is 1.66. The SMILES string of the molecule is CC1(C)[C@@]2(CC#N)CC[C@@]1(C)C(=O)C2. The van der Waals surface area contributed by atoms with E-state index in [4.69, 9.17) is 5.26 Å². The van der Waals surface area contributed by atoms with Crippen LogP contribution in [0.5, 0.6) is 0 Å². The molecule has 2 fully saturated rings. The molecule has 0 aromatic carbocycles. The third-order valence-electron chi connectivity index (χ3n) is 5.34. The van der Waals surface area contributed by atoms with Gasteiger partial charge in [0.25, 0.3) is 0 Å². The number of Topliss-reactive ketones (excluding diaryl/α,β-unsaturated/α-hetero) is 1. The zero-order valence-electron chi connectivity index (χ0n) is 9.18. The highest BCUT2D eigenvalue weighted by Crippen LogP contribution is 2.71. The molecular formula is C12H17NO. The zero-order valence-corrected chi connectivity index (χ0v) is 9.18. The van der Waals surface area contributed by atoms with Crippen LogP contribution < -0.4 is 0 Å².